The Morgan fingerprint density at radius 3 is 2.66 bits per heavy atom. The second-order valence-corrected chi connectivity index (χ2v) is 10.9. The average molecular weight is 519 g/mol. The Balaban J connectivity index is 1.82. The molecule has 2 heterocycles. The zero-order chi connectivity index (χ0) is 23.2. The number of hydrogen-bond acceptors (Lipinski definition) is 4. The third kappa shape index (κ3) is 4.15. The Kier molecular flexibility index (Phi) is 6.29. The number of anilines is 2. The topological polar surface area (TPSA) is 53.9 Å². The lowest BCUT2D eigenvalue weighted by Gasteiger charge is -2.38. The van der Waals surface area contributed by atoms with Gasteiger partial charge in [-0.05, 0) is 39.5 Å². The van der Waals surface area contributed by atoms with Crippen molar-refractivity contribution < 1.29 is 9.53 Å². The quantitative estimate of drug-likeness (QED) is 0.493. The van der Waals surface area contributed by atoms with E-state index in [4.69, 9.17) is 21.3 Å². The zero-order valence-electron chi connectivity index (χ0n) is 19.1. The predicted molar refractivity (Wildman–Crippen MR) is 135 cm³/mol. The maximum absolute atomic E-state index is 13.9. The molecule has 4 rings (SSSR count). The van der Waals surface area contributed by atoms with Crippen molar-refractivity contribution in [2.24, 2.45) is 10.4 Å². The van der Waals surface area contributed by atoms with E-state index in [2.05, 4.69) is 61.9 Å². The molecule has 0 saturated heterocycles. The molecule has 0 aliphatic carbocycles. The summed E-state index contributed by atoms with van der Waals surface area (Å²) in [4.78, 5) is 20.6. The fourth-order valence-corrected chi connectivity index (χ4v) is 5.06. The largest absolute Gasteiger partial charge is 0.488 e. The lowest BCUT2D eigenvalue weighted by molar-refractivity contribution is 0.0706. The van der Waals surface area contributed by atoms with Gasteiger partial charge in [0.05, 0.1) is 17.3 Å². The molecule has 1 unspecified atom stereocenters. The van der Waals surface area contributed by atoms with Crippen molar-refractivity contribution in [2.45, 2.75) is 46.6 Å². The van der Waals surface area contributed by atoms with E-state index < -0.39 is 0 Å². The van der Waals surface area contributed by atoms with Gasteiger partial charge in [0.1, 0.15) is 18.2 Å². The first kappa shape index (κ1) is 23.1. The van der Waals surface area contributed by atoms with Crippen LogP contribution in [0.15, 0.2) is 39.8 Å². The van der Waals surface area contributed by atoms with Crippen LogP contribution in [0.25, 0.3) is 0 Å². The van der Waals surface area contributed by atoms with E-state index in [9.17, 15) is 4.79 Å². The molecule has 0 aromatic heterocycles. The summed E-state index contributed by atoms with van der Waals surface area (Å²) in [6.45, 7) is 12.1. The predicted octanol–water partition coefficient (Wildman–Crippen LogP) is 6.67. The van der Waals surface area contributed by atoms with E-state index in [1.54, 1.807) is 0 Å². The molecule has 2 aromatic rings. The highest BCUT2D eigenvalue weighted by atomic mass is 79.9. The van der Waals surface area contributed by atoms with Crippen molar-refractivity contribution in [1.82, 2.24) is 4.90 Å². The molecule has 0 radical (unpaired) electrons. The van der Waals surface area contributed by atoms with Crippen molar-refractivity contribution in [2.75, 3.05) is 25.0 Å². The van der Waals surface area contributed by atoms with Gasteiger partial charge in [-0.3, -0.25) is 9.79 Å². The van der Waals surface area contributed by atoms with Crippen LogP contribution in [0.4, 0.5) is 11.4 Å². The maximum atomic E-state index is 13.9. The van der Waals surface area contributed by atoms with E-state index in [0.29, 0.717) is 52.1 Å². The molecule has 1 atom stereocenters. The lowest BCUT2D eigenvalue weighted by Crippen LogP contribution is -2.54. The van der Waals surface area contributed by atoms with Crippen LogP contribution in [-0.4, -0.2) is 42.3 Å². The van der Waals surface area contributed by atoms with Crippen LogP contribution in [0.2, 0.25) is 5.02 Å². The molecule has 2 aliphatic rings. The van der Waals surface area contributed by atoms with E-state index in [1.807, 2.05) is 29.2 Å². The molecule has 170 valence electrons. The number of rotatable bonds is 3. The number of para-hydroxylation sites is 1. The molecule has 0 fully saturated rings. The van der Waals surface area contributed by atoms with Crippen LogP contribution < -0.4 is 10.1 Å². The van der Waals surface area contributed by atoms with Crippen LogP contribution >= 0.6 is 27.5 Å². The summed E-state index contributed by atoms with van der Waals surface area (Å²) in [5.74, 6) is 0.660. The van der Waals surface area contributed by atoms with Gasteiger partial charge in [0.2, 0.25) is 0 Å². The highest BCUT2D eigenvalue weighted by molar-refractivity contribution is 9.10. The summed E-state index contributed by atoms with van der Waals surface area (Å²) in [5, 5.41) is 3.91. The average Bonchev–Trinajstić information content (AvgIpc) is 2.88. The summed E-state index contributed by atoms with van der Waals surface area (Å²) in [7, 11) is 0. The minimum absolute atomic E-state index is 0.0851. The first-order chi connectivity index (χ1) is 15.1. The number of hydrogen-bond donors (Lipinski definition) is 1. The Morgan fingerprint density at radius 2 is 1.97 bits per heavy atom. The number of benzene rings is 2. The van der Waals surface area contributed by atoms with Gasteiger partial charge in [-0.1, -0.05) is 64.4 Å². The van der Waals surface area contributed by atoms with E-state index in [-0.39, 0.29) is 17.4 Å². The molecule has 0 bridgehead atoms. The summed E-state index contributed by atoms with van der Waals surface area (Å²) >= 11 is 10.2. The van der Waals surface area contributed by atoms with Gasteiger partial charge in [0.25, 0.3) is 5.91 Å². The zero-order valence-corrected chi connectivity index (χ0v) is 21.5. The first-order valence-corrected chi connectivity index (χ1v) is 12.1. The van der Waals surface area contributed by atoms with E-state index >= 15 is 0 Å². The Morgan fingerprint density at radius 1 is 1.25 bits per heavy atom. The Bertz CT molecular complexity index is 1090. The fourth-order valence-electron chi connectivity index (χ4n) is 4.45. The monoisotopic (exact) mass is 517 g/mol. The second kappa shape index (κ2) is 8.71. The van der Waals surface area contributed by atoms with Crippen LogP contribution in [0.5, 0.6) is 5.75 Å². The van der Waals surface area contributed by atoms with Gasteiger partial charge in [-0.25, -0.2) is 0 Å². The number of aliphatic imine (C=N–C) groups is 1. The summed E-state index contributed by atoms with van der Waals surface area (Å²) in [6, 6.07) is 9.79. The molecular weight excluding hydrogens is 490 g/mol. The summed E-state index contributed by atoms with van der Waals surface area (Å²) in [6.07, 6.45) is 0. The molecular formula is C25H29BrClN3O2. The van der Waals surface area contributed by atoms with Crippen molar-refractivity contribution in [3.05, 3.63) is 51.0 Å². The minimum Gasteiger partial charge on any atom is -0.488 e. The van der Waals surface area contributed by atoms with Crippen molar-refractivity contribution in [3.8, 4) is 5.75 Å². The minimum atomic E-state index is -0.214. The number of halogens is 2. The van der Waals surface area contributed by atoms with Gasteiger partial charge in [-0.15, -0.1) is 0 Å². The smallest absolute Gasteiger partial charge is 0.260 e. The first-order valence-electron chi connectivity index (χ1n) is 11.0. The molecule has 2 aliphatic heterocycles. The van der Waals surface area contributed by atoms with Crippen LogP contribution in [0.3, 0.4) is 0 Å². The third-order valence-corrected chi connectivity index (χ3v) is 7.20. The van der Waals surface area contributed by atoms with Crippen LogP contribution in [-0.2, 0) is 0 Å². The Hall–Kier alpha value is -2.05. The number of carbonyl (C=O) groups is 1. The SMILES string of the molecule is CC(C)c1ccccc1Nc1cc(Br)c(Cl)c2c1C(=O)N1CCN=C(C(C)(C)C)C1CO2. The lowest BCUT2D eigenvalue weighted by atomic mass is 9.84. The maximum Gasteiger partial charge on any atom is 0.260 e. The number of carbonyl (C=O) groups excluding carboxylic acids is 1. The van der Waals surface area contributed by atoms with E-state index in [0.717, 1.165) is 11.4 Å². The molecule has 1 amide bonds. The van der Waals surface area contributed by atoms with Gasteiger partial charge >= 0.3 is 0 Å². The highest BCUT2D eigenvalue weighted by Crippen LogP contribution is 2.44. The van der Waals surface area contributed by atoms with Crippen molar-refractivity contribution in [1.29, 1.82) is 0 Å². The van der Waals surface area contributed by atoms with Gasteiger partial charge in [0.15, 0.2) is 5.75 Å². The second-order valence-electron chi connectivity index (χ2n) is 9.63. The number of ether oxygens (including phenoxy) is 1. The van der Waals surface area contributed by atoms with Gasteiger partial charge < -0.3 is 15.0 Å². The third-order valence-electron chi connectivity index (χ3n) is 5.97. The summed E-state index contributed by atoms with van der Waals surface area (Å²) < 4.78 is 6.92. The molecule has 0 saturated carbocycles. The van der Waals surface area contributed by atoms with E-state index in [1.165, 1.54) is 5.56 Å². The van der Waals surface area contributed by atoms with Gasteiger partial charge in [0, 0.05) is 27.8 Å². The van der Waals surface area contributed by atoms with Crippen LogP contribution in [0, 0.1) is 5.41 Å². The molecule has 1 N–H and O–H groups in total. The fraction of sp³-hybridized carbons (Fsp3) is 0.440. The normalized spacial score (nSPS) is 18.5. The number of nitrogens with zero attached hydrogens (tertiary/aromatic N) is 2. The highest BCUT2D eigenvalue weighted by Gasteiger charge is 2.41. The van der Waals surface area contributed by atoms with Crippen LogP contribution in [0.1, 0.15) is 56.5 Å². The van der Waals surface area contributed by atoms with Gasteiger partial charge in [-0.2, -0.15) is 0 Å². The summed E-state index contributed by atoms with van der Waals surface area (Å²) in [5.41, 5.74) is 4.10. The molecule has 0 spiro atoms. The molecule has 5 nitrogen and oxygen atoms in total. The standard InChI is InChI=1S/C25H29BrClN3O2/c1-14(2)15-8-6-7-9-17(15)29-18-12-16(26)21(27)22-20(18)24(31)30-11-10-28-23(25(3,4)5)19(30)13-32-22/h6-9,12,14,19,29H,10-11,13H2,1-5H3. The molecule has 2 aromatic carbocycles. The molecule has 7 heteroatoms. The number of amides is 1. The van der Waals surface area contributed by atoms with Crippen molar-refractivity contribution >= 4 is 50.5 Å². The number of fused-ring (bicyclic) bond motifs is 2. The molecule has 32 heavy (non-hydrogen) atoms. The Labute approximate surface area is 203 Å². The number of nitrogens with one attached hydrogen (secondary N) is 1. The van der Waals surface area contributed by atoms with Crippen molar-refractivity contribution in [3.63, 3.8) is 0 Å².